The Hall–Kier alpha value is -2.07. The van der Waals surface area contributed by atoms with Crippen LogP contribution in [-0.4, -0.2) is 42.4 Å². The summed E-state index contributed by atoms with van der Waals surface area (Å²) in [6.07, 6.45) is 0. The molecule has 0 unspecified atom stereocenters. The molecule has 0 amide bonds. The van der Waals surface area contributed by atoms with Crippen molar-refractivity contribution in [2.45, 2.75) is 20.8 Å². The second-order valence-corrected chi connectivity index (χ2v) is 5.82. The van der Waals surface area contributed by atoms with Crippen LogP contribution in [0, 0.1) is 20.8 Å². The van der Waals surface area contributed by atoms with Crippen molar-refractivity contribution in [3.8, 4) is 5.75 Å². The lowest BCUT2D eigenvalue weighted by atomic mass is 10.1. The zero-order valence-electron chi connectivity index (χ0n) is 13.8. The SMILES string of the molecule is Cc1cccc(OCCN(C)CC(=O)c2cc(C)[nH]c2C)c1. The molecule has 0 atom stereocenters. The summed E-state index contributed by atoms with van der Waals surface area (Å²) in [7, 11) is 1.94. The maximum atomic E-state index is 12.3. The van der Waals surface area contributed by atoms with Gasteiger partial charge in [-0.25, -0.2) is 0 Å². The summed E-state index contributed by atoms with van der Waals surface area (Å²) >= 11 is 0. The van der Waals surface area contributed by atoms with Crippen molar-refractivity contribution >= 4 is 5.78 Å². The second-order valence-electron chi connectivity index (χ2n) is 5.82. The molecule has 0 aliphatic rings. The predicted octanol–water partition coefficient (Wildman–Crippen LogP) is 3.13. The Bertz CT molecular complexity index is 646. The summed E-state index contributed by atoms with van der Waals surface area (Å²) in [4.78, 5) is 17.4. The van der Waals surface area contributed by atoms with Gasteiger partial charge in [0.1, 0.15) is 12.4 Å². The molecule has 22 heavy (non-hydrogen) atoms. The van der Waals surface area contributed by atoms with Gasteiger partial charge in [0.2, 0.25) is 0 Å². The number of hydrogen-bond donors (Lipinski definition) is 1. The first-order valence-electron chi connectivity index (χ1n) is 7.53. The molecule has 0 spiro atoms. The molecule has 1 heterocycles. The Balaban J connectivity index is 1.79. The first-order valence-corrected chi connectivity index (χ1v) is 7.53. The van der Waals surface area contributed by atoms with Crippen LogP contribution < -0.4 is 4.74 Å². The van der Waals surface area contributed by atoms with E-state index in [4.69, 9.17) is 4.74 Å². The highest BCUT2D eigenvalue weighted by atomic mass is 16.5. The smallest absolute Gasteiger partial charge is 0.178 e. The van der Waals surface area contributed by atoms with Crippen molar-refractivity contribution in [2.24, 2.45) is 0 Å². The number of aromatic amines is 1. The Labute approximate surface area is 132 Å². The number of benzene rings is 1. The molecule has 0 aliphatic heterocycles. The molecular weight excluding hydrogens is 276 g/mol. The minimum Gasteiger partial charge on any atom is -0.492 e. The number of likely N-dealkylation sites (N-methyl/N-ethyl adjacent to an activating group) is 1. The fourth-order valence-corrected chi connectivity index (χ4v) is 2.45. The lowest BCUT2D eigenvalue weighted by Crippen LogP contribution is -2.30. The number of ketones is 1. The maximum Gasteiger partial charge on any atom is 0.178 e. The maximum absolute atomic E-state index is 12.3. The highest BCUT2D eigenvalue weighted by Gasteiger charge is 2.13. The molecular formula is C18H24N2O2. The summed E-state index contributed by atoms with van der Waals surface area (Å²) in [5, 5.41) is 0. The lowest BCUT2D eigenvalue weighted by molar-refractivity contribution is 0.0938. The van der Waals surface area contributed by atoms with Crippen LogP contribution in [0.3, 0.4) is 0 Å². The van der Waals surface area contributed by atoms with Gasteiger partial charge >= 0.3 is 0 Å². The average molecular weight is 300 g/mol. The van der Waals surface area contributed by atoms with Gasteiger partial charge in [-0.1, -0.05) is 12.1 Å². The minimum absolute atomic E-state index is 0.139. The molecule has 1 aromatic heterocycles. The van der Waals surface area contributed by atoms with Gasteiger partial charge < -0.3 is 9.72 Å². The lowest BCUT2D eigenvalue weighted by Gasteiger charge is -2.16. The summed E-state index contributed by atoms with van der Waals surface area (Å²) < 4.78 is 5.71. The third-order valence-electron chi connectivity index (χ3n) is 3.59. The Morgan fingerprint density at radius 2 is 2.00 bits per heavy atom. The van der Waals surface area contributed by atoms with Crippen LogP contribution in [0.1, 0.15) is 27.3 Å². The van der Waals surface area contributed by atoms with Crippen LogP contribution in [0.25, 0.3) is 0 Å². The van der Waals surface area contributed by atoms with Gasteiger partial charge in [-0.15, -0.1) is 0 Å². The largest absolute Gasteiger partial charge is 0.492 e. The highest BCUT2D eigenvalue weighted by molar-refractivity contribution is 5.98. The number of aryl methyl sites for hydroxylation is 3. The fourth-order valence-electron chi connectivity index (χ4n) is 2.45. The molecule has 2 rings (SSSR count). The zero-order valence-corrected chi connectivity index (χ0v) is 13.8. The third kappa shape index (κ3) is 4.46. The van der Waals surface area contributed by atoms with E-state index in [9.17, 15) is 4.79 Å². The molecule has 2 aromatic rings. The number of carbonyl (C=O) groups is 1. The summed E-state index contributed by atoms with van der Waals surface area (Å²) in [6, 6.07) is 9.89. The Morgan fingerprint density at radius 3 is 2.64 bits per heavy atom. The van der Waals surface area contributed by atoms with E-state index in [1.54, 1.807) is 0 Å². The molecule has 1 N–H and O–H groups in total. The van der Waals surface area contributed by atoms with Gasteiger partial charge in [0.25, 0.3) is 0 Å². The number of rotatable bonds is 7. The van der Waals surface area contributed by atoms with E-state index in [1.807, 2.05) is 63.1 Å². The number of Topliss-reactive ketones (excluding diaryl/α,β-unsaturated/α-hetero) is 1. The summed E-state index contributed by atoms with van der Waals surface area (Å²) in [6.45, 7) is 7.61. The van der Waals surface area contributed by atoms with Crippen LogP contribution in [0.5, 0.6) is 5.75 Å². The van der Waals surface area contributed by atoms with Crippen molar-refractivity contribution in [1.82, 2.24) is 9.88 Å². The fraction of sp³-hybridized carbons (Fsp3) is 0.389. The molecule has 4 nitrogen and oxygen atoms in total. The summed E-state index contributed by atoms with van der Waals surface area (Å²) in [5.41, 5.74) is 3.92. The van der Waals surface area contributed by atoms with Gasteiger partial charge in [0.05, 0.1) is 6.54 Å². The molecule has 0 saturated heterocycles. The minimum atomic E-state index is 0.139. The Morgan fingerprint density at radius 1 is 1.23 bits per heavy atom. The number of carbonyl (C=O) groups excluding carboxylic acids is 1. The first-order chi connectivity index (χ1) is 10.5. The van der Waals surface area contributed by atoms with Crippen molar-refractivity contribution in [2.75, 3.05) is 26.7 Å². The molecule has 1 aromatic carbocycles. The van der Waals surface area contributed by atoms with E-state index in [2.05, 4.69) is 4.98 Å². The van der Waals surface area contributed by atoms with Crippen LogP contribution in [0.15, 0.2) is 30.3 Å². The number of ether oxygens (including phenoxy) is 1. The van der Waals surface area contributed by atoms with Gasteiger partial charge in [-0.2, -0.15) is 0 Å². The molecule has 118 valence electrons. The van der Waals surface area contributed by atoms with E-state index < -0.39 is 0 Å². The Kier molecular flexibility index (Phi) is 5.39. The molecule has 0 saturated carbocycles. The second kappa shape index (κ2) is 7.27. The third-order valence-corrected chi connectivity index (χ3v) is 3.59. The number of H-pyrrole nitrogens is 1. The van der Waals surface area contributed by atoms with E-state index in [0.717, 1.165) is 22.7 Å². The normalized spacial score (nSPS) is 11.0. The van der Waals surface area contributed by atoms with Gasteiger partial charge in [0.15, 0.2) is 5.78 Å². The predicted molar refractivity (Wildman–Crippen MR) is 88.8 cm³/mol. The van der Waals surface area contributed by atoms with Crippen molar-refractivity contribution in [1.29, 1.82) is 0 Å². The van der Waals surface area contributed by atoms with E-state index in [1.165, 1.54) is 5.56 Å². The molecule has 0 bridgehead atoms. The van der Waals surface area contributed by atoms with E-state index in [-0.39, 0.29) is 5.78 Å². The standard InChI is InChI=1S/C18H24N2O2/c1-13-6-5-7-16(10-13)22-9-8-20(4)12-18(21)17-11-14(2)19-15(17)3/h5-7,10-11,19H,8-9,12H2,1-4H3. The summed E-state index contributed by atoms with van der Waals surface area (Å²) in [5.74, 6) is 1.01. The molecule has 0 aliphatic carbocycles. The van der Waals surface area contributed by atoms with Crippen LogP contribution in [0.2, 0.25) is 0 Å². The van der Waals surface area contributed by atoms with Crippen molar-refractivity contribution < 1.29 is 9.53 Å². The van der Waals surface area contributed by atoms with Crippen LogP contribution in [-0.2, 0) is 0 Å². The van der Waals surface area contributed by atoms with Gasteiger partial charge in [-0.3, -0.25) is 9.69 Å². The van der Waals surface area contributed by atoms with E-state index in [0.29, 0.717) is 19.7 Å². The monoisotopic (exact) mass is 300 g/mol. The van der Waals surface area contributed by atoms with Crippen LogP contribution in [0.4, 0.5) is 0 Å². The first kappa shape index (κ1) is 16.3. The molecule has 0 radical (unpaired) electrons. The van der Waals surface area contributed by atoms with E-state index >= 15 is 0 Å². The topological polar surface area (TPSA) is 45.3 Å². The van der Waals surface area contributed by atoms with Crippen LogP contribution >= 0.6 is 0 Å². The number of nitrogens with one attached hydrogen (secondary N) is 1. The quantitative estimate of drug-likeness (QED) is 0.799. The van der Waals surface area contributed by atoms with Crippen molar-refractivity contribution in [3.63, 3.8) is 0 Å². The molecule has 4 heteroatoms. The zero-order chi connectivity index (χ0) is 16.1. The number of aromatic nitrogens is 1. The number of hydrogen-bond acceptors (Lipinski definition) is 3. The molecule has 0 fully saturated rings. The van der Waals surface area contributed by atoms with Gasteiger partial charge in [-0.05, 0) is 51.6 Å². The number of nitrogens with zero attached hydrogens (tertiary/aromatic N) is 1. The van der Waals surface area contributed by atoms with Gasteiger partial charge in [0, 0.05) is 23.5 Å². The van der Waals surface area contributed by atoms with Crippen molar-refractivity contribution in [3.05, 3.63) is 52.8 Å². The average Bonchev–Trinajstić information content (AvgIpc) is 2.78. The highest BCUT2D eigenvalue weighted by Crippen LogP contribution is 2.13.